The van der Waals surface area contributed by atoms with E-state index in [0.717, 1.165) is 31.4 Å². The Morgan fingerprint density at radius 3 is 2.48 bits per heavy atom. The summed E-state index contributed by atoms with van der Waals surface area (Å²) in [6, 6.07) is 12.5. The van der Waals surface area contributed by atoms with Gasteiger partial charge in [0.05, 0.1) is 12.2 Å². The minimum absolute atomic E-state index is 0.0670. The normalized spacial score (nSPS) is 22.2. The molecule has 4 rings (SSSR count). The first kappa shape index (κ1) is 23.7. The van der Waals surface area contributed by atoms with Gasteiger partial charge >= 0.3 is 0 Å². The molecule has 2 aromatic rings. The van der Waals surface area contributed by atoms with Crippen LogP contribution in [0.15, 0.2) is 42.5 Å². The standard InChI is InChI=1S/C25H28Cl2N2O4/c1-29-14-24(33-23-11-6-18(27)13-22(23)29)25(31)28-19-7-2-16(3-8-19)12-20(30)15-32-21-9-4-17(26)5-10-21/h4-6,9-11,13,16,19,24H,2-3,7-8,12,14-15H2,1H3,(H,28,31)/t16?,19?,24-/m0/s1. The largest absolute Gasteiger partial charge is 0.486 e. The fourth-order valence-electron chi connectivity index (χ4n) is 4.44. The number of nitrogens with zero attached hydrogens (tertiary/aromatic N) is 1. The van der Waals surface area contributed by atoms with Crippen LogP contribution < -0.4 is 19.7 Å². The zero-order valence-electron chi connectivity index (χ0n) is 18.6. The van der Waals surface area contributed by atoms with Gasteiger partial charge in [-0.3, -0.25) is 9.59 Å². The molecule has 176 valence electrons. The maximum Gasteiger partial charge on any atom is 0.263 e. The Balaban J connectivity index is 1.19. The van der Waals surface area contributed by atoms with Crippen LogP contribution in [0, 0.1) is 5.92 Å². The van der Waals surface area contributed by atoms with Gasteiger partial charge in [-0.2, -0.15) is 0 Å². The molecule has 1 heterocycles. The van der Waals surface area contributed by atoms with Gasteiger partial charge in [-0.05, 0) is 74.1 Å². The highest BCUT2D eigenvalue weighted by atomic mass is 35.5. The molecule has 8 heteroatoms. The summed E-state index contributed by atoms with van der Waals surface area (Å²) < 4.78 is 11.5. The summed E-state index contributed by atoms with van der Waals surface area (Å²) in [7, 11) is 1.93. The van der Waals surface area contributed by atoms with Crippen LogP contribution in [0.4, 0.5) is 5.69 Å². The maximum atomic E-state index is 12.8. The van der Waals surface area contributed by atoms with E-state index in [0.29, 0.717) is 40.4 Å². The number of hydrogen-bond donors (Lipinski definition) is 1. The molecular weight excluding hydrogens is 463 g/mol. The zero-order valence-corrected chi connectivity index (χ0v) is 20.1. The first-order chi connectivity index (χ1) is 15.9. The maximum absolute atomic E-state index is 12.8. The van der Waals surface area contributed by atoms with Crippen LogP contribution in [0.2, 0.25) is 10.0 Å². The van der Waals surface area contributed by atoms with Crippen LogP contribution in [-0.2, 0) is 9.59 Å². The van der Waals surface area contributed by atoms with Gasteiger partial charge in [0.1, 0.15) is 18.1 Å². The summed E-state index contributed by atoms with van der Waals surface area (Å²) in [4.78, 5) is 27.1. The highest BCUT2D eigenvalue weighted by molar-refractivity contribution is 6.31. The lowest BCUT2D eigenvalue weighted by atomic mass is 9.83. The van der Waals surface area contributed by atoms with Crippen molar-refractivity contribution in [3.8, 4) is 11.5 Å². The van der Waals surface area contributed by atoms with Gasteiger partial charge in [-0.15, -0.1) is 0 Å². The summed E-state index contributed by atoms with van der Waals surface area (Å²) in [5.41, 5.74) is 0.886. The van der Waals surface area contributed by atoms with E-state index in [1.54, 1.807) is 36.4 Å². The number of fused-ring (bicyclic) bond motifs is 1. The van der Waals surface area contributed by atoms with E-state index in [2.05, 4.69) is 5.32 Å². The molecule has 0 bridgehead atoms. The molecule has 2 aromatic carbocycles. The number of likely N-dealkylation sites (N-methyl/N-ethyl adjacent to an activating group) is 1. The van der Waals surface area contributed by atoms with Gasteiger partial charge in [0.25, 0.3) is 5.91 Å². The molecule has 6 nitrogen and oxygen atoms in total. The second kappa shape index (κ2) is 10.7. The third-order valence-electron chi connectivity index (χ3n) is 6.26. The van der Waals surface area contributed by atoms with E-state index >= 15 is 0 Å². The number of carbonyl (C=O) groups excluding carboxylic acids is 2. The Kier molecular flexibility index (Phi) is 7.66. The smallest absolute Gasteiger partial charge is 0.263 e. The van der Waals surface area contributed by atoms with Crippen LogP contribution in [0.1, 0.15) is 32.1 Å². The Morgan fingerprint density at radius 2 is 1.76 bits per heavy atom. The van der Waals surface area contributed by atoms with E-state index in [1.807, 2.05) is 18.0 Å². The van der Waals surface area contributed by atoms with Crippen molar-refractivity contribution in [3.05, 3.63) is 52.5 Å². The number of nitrogens with one attached hydrogen (secondary N) is 1. The molecule has 1 N–H and O–H groups in total. The predicted molar refractivity (Wildman–Crippen MR) is 130 cm³/mol. The van der Waals surface area contributed by atoms with Crippen molar-refractivity contribution in [2.24, 2.45) is 5.92 Å². The van der Waals surface area contributed by atoms with E-state index in [1.165, 1.54) is 0 Å². The number of carbonyl (C=O) groups is 2. The number of hydrogen-bond acceptors (Lipinski definition) is 5. The molecule has 33 heavy (non-hydrogen) atoms. The van der Waals surface area contributed by atoms with Crippen molar-refractivity contribution < 1.29 is 19.1 Å². The summed E-state index contributed by atoms with van der Waals surface area (Å²) in [5, 5.41) is 4.41. The van der Waals surface area contributed by atoms with Crippen molar-refractivity contribution >= 4 is 40.6 Å². The number of ketones is 1. The fraction of sp³-hybridized carbons (Fsp3) is 0.440. The van der Waals surface area contributed by atoms with Crippen LogP contribution in [0.25, 0.3) is 0 Å². The van der Waals surface area contributed by atoms with Crippen molar-refractivity contribution in [2.45, 2.75) is 44.2 Å². The van der Waals surface area contributed by atoms with E-state index in [4.69, 9.17) is 32.7 Å². The third-order valence-corrected chi connectivity index (χ3v) is 6.74. The molecule has 1 amide bonds. The van der Waals surface area contributed by atoms with E-state index in [-0.39, 0.29) is 24.3 Å². The molecule has 2 aliphatic rings. The van der Waals surface area contributed by atoms with Gasteiger partial charge in [0.15, 0.2) is 11.9 Å². The zero-order chi connectivity index (χ0) is 23.4. The van der Waals surface area contributed by atoms with E-state index in [9.17, 15) is 9.59 Å². The predicted octanol–water partition coefficient (Wildman–Crippen LogP) is 4.90. The summed E-state index contributed by atoms with van der Waals surface area (Å²) in [6.45, 7) is 0.536. The van der Waals surface area contributed by atoms with Crippen LogP contribution in [0.5, 0.6) is 11.5 Å². The lowest BCUT2D eigenvalue weighted by Gasteiger charge is -2.35. The first-order valence-electron chi connectivity index (χ1n) is 11.2. The van der Waals surface area contributed by atoms with Crippen molar-refractivity contribution in [1.29, 1.82) is 0 Å². The number of halogens is 2. The van der Waals surface area contributed by atoms with Crippen LogP contribution in [0.3, 0.4) is 0 Å². The van der Waals surface area contributed by atoms with Gasteiger partial charge < -0.3 is 19.7 Å². The number of rotatable bonds is 7. The first-order valence-corrected chi connectivity index (χ1v) is 12.0. The molecular formula is C25H28Cl2N2O4. The highest BCUT2D eigenvalue weighted by Crippen LogP contribution is 2.35. The Labute approximate surface area is 204 Å². The summed E-state index contributed by atoms with van der Waals surface area (Å²) >= 11 is 11.9. The minimum atomic E-state index is -0.562. The average Bonchev–Trinajstić information content (AvgIpc) is 2.80. The fourth-order valence-corrected chi connectivity index (χ4v) is 4.74. The average molecular weight is 491 g/mol. The summed E-state index contributed by atoms with van der Waals surface area (Å²) in [5.74, 6) is 1.62. The second-order valence-electron chi connectivity index (χ2n) is 8.81. The third kappa shape index (κ3) is 6.33. The Morgan fingerprint density at radius 1 is 1.06 bits per heavy atom. The number of Topliss-reactive ketones (excluding diaryl/α,β-unsaturated/α-hetero) is 1. The molecule has 1 fully saturated rings. The minimum Gasteiger partial charge on any atom is -0.486 e. The number of ether oxygens (including phenoxy) is 2. The molecule has 1 aliphatic heterocycles. The Hall–Kier alpha value is -2.44. The quantitative estimate of drug-likeness (QED) is 0.597. The molecule has 1 aliphatic carbocycles. The molecule has 0 aromatic heterocycles. The molecule has 0 saturated heterocycles. The Bertz CT molecular complexity index is 990. The molecule has 0 unspecified atom stereocenters. The SMILES string of the molecule is CN1C[C@@H](C(=O)NC2CCC(CC(=O)COc3ccc(Cl)cc3)CC2)Oc2ccc(Cl)cc21. The van der Waals surface area contributed by atoms with Gasteiger partial charge in [-0.1, -0.05) is 23.2 Å². The summed E-state index contributed by atoms with van der Waals surface area (Å²) in [6.07, 6.45) is 3.47. The van der Waals surface area contributed by atoms with Crippen molar-refractivity contribution in [3.63, 3.8) is 0 Å². The molecule has 1 atom stereocenters. The van der Waals surface area contributed by atoms with Crippen molar-refractivity contribution in [2.75, 3.05) is 25.1 Å². The van der Waals surface area contributed by atoms with Crippen LogP contribution in [-0.4, -0.2) is 44.0 Å². The van der Waals surface area contributed by atoms with Crippen LogP contribution >= 0.6 is 23.2 Å². The number of anilines is 1. The topological polar surface area (TPSA) is 67.9 Å². The number of amides is 1. The van der Waals surface area contributed by atoms with Crippen molar-refractivity contribution in [1.82, 2.24) is 5.32 Å². The number of benzene rings is 2. The molecule has 0 spiro atoms. The van der Waals surface area contributed by atoms with Gasteiger partial charge in [0.2, 0.25) is 0 Å². The van der Waals surface area contributed by atoms with Gasteiger partial charge in [0, 0.05) is 29.6 Å². The highest BCUT2D eigenvalue weighted by Gasteiger charge is 2.32. The second-order valence-corrected chi connectivity index (χ2v) is 9.68. The monoisotopic (exact) mass is 490 g/mol. The lowest BCUT2D eigenvalue weighted by molar-refractivity contribution is -0.129. The van der Waals surface area contributed by atoms with E-state index < -0.39 is 6.10 Å². The van der Waals surface area contributed by atoms with Gasteiger partial charge in [-0.25, -0.2) is 0 Å². The molecule has 0 radical (unpaired) electrons. The molecule has 1 saturated carbocycles. The lowest BCUT2D eigenvalue weighted by Crippen LogP contribution is -2.51.